The van der Waals surface area contributed by atoms with Gasteiger partial charge < -0.3 is 10.6 Å². The molecule has 0 saturated carbocycles. The van der Waals surface area contributed by atoms with Crippen LogP contribution in [0.5, 0.6) is 0 Å². The van der Waals surface area contributed by atoms with Gasteiger partial charge in [0, 0.05) is 27.7 Å². The summed E-state index contributed by atoms with van der Waals surface area (Å²) in [6.07, 6.45) is 0.870. The Kier molecular flexibility index (Phi) is 7.46. The van der Waals surface area contributed by atoms with E-state index in [0.29, 0.717) is 33.1 Å². The molecule has 0 bridgehead atoms. The molecule has 3 N–H and O–H groups in total. The first-order valence-electron chi connectivity index (χ1n) is 8.77. The van der Waals surface area contributed by atoms with Crippen LogP contribution in [0.2, 0.25) is 10.0 Å². The number of halogens is 2. The molecule has 1 heterocycles. The lowest BCUT2D eigenvalue weighted by Crippen LogP contribution is -2.27. The van der Waals surface area contributed by atoms with Gasteiger partial charge in [-0.3, -0.25) is 10.1 Å². The lowest BCUT2D eigenvalue weighted by atomic mass is 10.1. The van der Waals surface area contributed by atoms with Crippen LogP contribution in [0, 0.1) is 0 Å². The fourth-order valence-corrected chi connectivity index (χ4v) is 3.42. The summed E-state index contributed by atoms with van der Waals surface area (Å²) in [5, 5.41) is 11.6. The summed E-state index contributed by atoms with van der Waals surface area (Å²) in [5.41, 5.74) is 2.31. The van der Waals surface area contributed by atoms with Crippen molar-refractivity contribution in [3.8, 4) is 0 Å². The third-order valence-electron chi connectivity index (χ3n) is 3.87. The van der Waals surface area contributed by atoms with Crippen molar-refractivity contribution in [2.24, 2.45) is 0 Å². The maximum Gasteiger partial charge on any atom is 0.325 e. The monoisotopic (exact) mass is 448 g/mol. The van der Waals surface area contributed by atoms with Gasteiger partial charge in [0.25, 0.3) is 0 Å². The number of thiazole rings is 1. The summed E-state index contributed by atoms with van der Waals surface area (Å²) in [6, 6.07) is 13.9. The van der Waals surface area contributed by atoms with E-state index in [2.05, 4.69) is 20.9 Å². The highest BCUT2D eigenvalue weighted by molar-refractivity contribution is 7.14. The molecule has 0 aliphatic heterocycles. The minimum atomic E-state index is -0.416. The second-order valence-electron chi connectivity index (χ2n) is 6.13. The van der Waals surface area contributed by atoms with Gasteiger partial charge >= 0.3 is 6.03 Å². The molecular weight excluding hydrogens is 431 g/mol. The van der Waals surface area contributed by atoms with E-state index in [4.69, 9.17) is 23.2 Å². The molecule has 0 saturated heterocycles. The number of hydrogen-bond acceptors (Lipinski definition) is 4. The van der Waals surface area contributed by atoms with Crippen molar-refractivity contribution in [3.05, 3.63) is 75.2 Å². The first-order valence-corrected chi connectivity index (χ1v) is 10.4. The molecule has 6 nitrogen and oxygen atoms in total. The topological polar surface area (TPSA) is 83.1 Å². The Morgan fingerprint density at radius 2 is 1.59 bits per heavy atom. The predicted octanol–water partition coefficient (Wildman–Crippen LogP) is 5.00. The largest absolute Gasteiger partial charge is 0.355 e. The van der Waals surface area contributed by atoms with E-state index >= 15 is 0 Å². The maximum absolute atomic E-state index is 12.1. The van der Waals surface area contributed by atoms with Crippen molar-refractivity contribution in [3.63, 3.8) is 0 Å². The molecule has 0 spiro atoms. The van der Waals surface area contributed by atoms with E-state index in [-0.39, 0.29) is 12.3 Å². The summed E-state index contributed by atoms with van der Waals surface area (Å²) in [7, 11) is 0. The van der Waals surface area contributed by atoms with Gasteiger partial charge in [0.15, 0.2) is 5.13 Å². The molecule has 0 radical (unpaired) electrons. The molecule has 1 aromatic heterocycles. The van der Waals surface area contributed by atoms with Crippen LogP contribution in [-0.2, 0) is 17.6 Å². The number of nitrogens with zero attached hydrogens (tertiary/aromatic N) is 1. The van der Waals surface area contributed by atoms with Crippen LogP contribution in [0.4, 0.5) is 15.6 Å². The zero-order valence-electron chi connectivity index (χ0n) is 15.2. The fraction of sp³-hybridized carbons (Fsp3) is 0.150. The molecule has 2 aromatic carbocycles. The number of carbonyl (C=O) groups is 2. The number of urea groups is 1. The molecule has 3 amide bonds. The molecule has 29 heavy (non-hydrogen) atoms. The summed E-state index contributed by atoms with van der Waals surface area (Å²) < 4.78 is 0. The van der Waals surface area contributed by atoms with E-state index in [0.717, 1.165) is 12.0 Å². The van der Waals surface area contributed by atoms with Crippen LogP contribution in [0.25, 0.3) is 0 Å². The highest BCUT2D eigenvalue weighted by Crippen LogP contribution is 2.17. The average molecular weight is 449 g/mol. The van der Waals surface area contributed by atoms with Gasteiger partial charge in [-0.05, 0) is 48.4 Å². The Morgan fingerprint density at radius 3 is 2.28 bits per heavy atom. The van der Waals surface area contributed by atoms with Crippen LogP contribution in [0.3, 0.4) is 0 Å². The number of carbonyl (C=O) groups excluding carboxylic acids is 2. The molecular formula is C20H18Cl2N4O2S. The van der Waals surface area contributed by atoms with Gasteiger partial charge in [-0.2, -0.15) is 0 Å². The molecule has 0 aliphatic carbocycles. The van der Waals surface area contributed by atoms with Gasteiger partial charge in [0.05, 0.1) is 12.1 Å². The Morgan fingerprint density at radius 1 is 0.931 bits per heavy atom. The number of benzene rings is 2. The average Bonchev–Trinajstić information content (AvgIpc) is 3.11. The zero-order chi connectivity index (χ0) is 20.6. The molecule has 0 atom stereocenters. The maximum atomic E-state index is 12.1. The third kappa shape index (κ3) is 7.05. The van der Waals surface area contributed by atoms with Crippen LogP contribution in [0.15, 0.2) is 53.9 Å². The summed E-state index contributed by atoms with van der Waals surface area (Å²) in [5.74, 6) is -0.124. The van der Waals surface area contributed by atoms with Crippen molar-refractivity contribution >= 4 is 57.3 Å². The molecule has 9 heteroatoms. The van der Waals surface area contributed by atoms with Crippen LogP contribution in [-0.4, -0.2) is 23.5 Å². The molecule has 0 fully saturated rings. The fourth-order valence-electron chi connectivity index (χ4n) is 2.46. The molecule has 0 aliphatic rings. The molecule has 3 rings (SSSR count). The van der Waals surface area contributed by atoms with E-state index in [9.17, 15) is 9.59 Å². The summed E-state index contributed by atoms with van der Waals surface area (Å²) in [6.45, 7) is 0.527. The number of aromatic nitrogens is 1. The number of rotatable bonds is 7. The summed E-state index contributed by atoms with van der Waals surface area (Å²) in [4.78, 5) is 28.4. The van der Waals surface area contributed by atoms with Crippen molar-refractivity contribution in [2.75, 3.05) is 17.2 Å². The normalized spacial score (nSPS) is 10.4. The minimum Gasteiger partial charge on any atom is -0.355 e. The Labute approximate surface area is 182 Å². The first-order chi connectivity index (χ1) is 14.0. The van der Waals surface area contributed by atoms with E-state index < -0.39 is 6.03 Å². The Balaban J connectivity index is 1.41. The molecule has 3 aromatic rings. The number of anilines is 2. The van der Waals surface area contributed by atoms with E-state index in [1.54, 1.807) is 29.6 Å². The highest BCUT2D eigenvalue weighted by Gasteiger charge is 2.10. The lowest BCUT2D eigenvalue weighted by molar-refractivity contribution is -0.120. The standard InChI is InChI=1S/C20H18Cl2N4O2S/c21-14-3-1-13(2-4-14)9-10-23-18(27)11-17-12-29-20(25-17)26-19(28)24-16-7-5-15(22)6-8-16/h1-8,12H,9-11H2,(H,23,27)(H2,24,25,26,28). The molecule has 150 valence electrons. The number of amides is 3. The highest BCUT2D eigenvalue weighted by atomic mass is 35.5. The van der Waals surface area contributed by atoms with Crippen molar-refractivity contribution in [1.29, 1.82) is 0 Å². The zero-order valence-corrected chi connectivity index (χ0v) is 17.6. The number of hydrogen-bond donors (Lipinski definition) is 3. The molecule has 0 unspecified atom stereocenters. The smallest absolute Gasteiger partial charge is 0.325 e. The SMILES string of the molecule is O=C(Cc1csc(NC(=O)Nc2ccc(Cl)cc2)n1)NCCc1ccc(Cl)cc1. The second kappa shape index (κ2) is 10.2. The van der Waals surface area contributed by atoms with Gasteiger partial charge in [0.1, 0.15) is 0 Å². The van der Waals surface area contributed by atoms with Gasteiger partial charge in [-0.15, -0.1) is 11.3 Å². The second-order valence-corrected chi connectivity index (χ2v) is 7.86. The van der Waals surface area contributed by atoms with Crippen molar-refractivity contribution < 1.29 is 9.59 Å². The van der Waals surface area contributed by atoms with E-state index in [1.807, 2.05) is 24.3 Å². The van der Waals surface area contributed by atoms with Gasteiger partial charge in [-0.25, -0.2) is 9.78 Å². The van der Waals surface area contributed by atoms with Gasteiger partial charge in [-0.1, -0.05) is 35.3 Å². The quantitative estimate of drug-likeness (QED) is 0.475. The van der Waals surface area contributed by atoms with Crippen molar-refractivity contribution in [1.82, 2.24) is 10.3 Å². The van der Waals surface area contributed by atoms with Crippen LogP contribution >= 0.6 is 34.5 Å². The van der Waals surface area contributed by atoms with Crippen molar-refractivity contribution in [2.45, 2.75) is 12.8 Å². The Bertz CT molecular complexity index is 975. The summed E-state index contributed by atoms with van der Waals surface area (Å²) >= 11 is 12.9. The predicted molar refractivity (Wildman–Crippen MR) is 118 cm³/mol. The van der Waals surface area contributed by atoms with Gasteiger partial charge in [0.2, 0.25) is 5.91 Å². The van der Waals surface area contributed by atoms with Crippen LogP contribution < -0.4 is 16.0 Å². The third-order valence-corrected chi connectivity index (χ3v) is 5.18. The van der Waals surface area contributed by atoms with E-state index in [1.165, 1.54) is 11.3 Å². The minimum absolute atomic E-state index is 0.124. The lowest BCUT2D eigenvalue weighted by Gasteiger charge is -2.05. The first kappa shape index (κ1) is 21.1. The van der Waals surface area contributed by atoms with Crippen LogP contribution in [0.1, 0.15) is 11.3 Å². The number of nitrogens with one attached hydrogen (secondary N) is 3. The Hall–Kier alpha value is -2.61.